The van der Waals surface area contributed by atoms with Crippen LogP contribution in [0.3, 0.4) is 0 Å². The first-order valence-corrected chi connectivity index (χ1v) is 5.96. The average molecular weight is 255 g/mol. The molecular formula is C12H21N3O3. The van der Waals surface area contributed by atoms with Gasteiger partial charge in [-0.1, -0.05) is 13.8 Å². The molecule has 0 radical (unpaired) electrons. The number of nitrogen functional groups attached to an aromatic ring is 1. The molecule has 0 saturated heterocycles. The van der Waals surface area contributed by atoms with Crippen LogP contribution in [0, 0.1) is 12.8 Å². The van der Waals surface area contributed by atoms with Gasteiger partial charge in [0.25, 0.3) is 0 Å². The van der Waals surface area contributed by atoms with Gasteiger partial charge in [-0.05, 0) is 12.8 Å². The fraction of sp³-hybridized carbons (Fsp3) is 0.667. The lowest BCUT2D eigenvalue weighted by molar-refractivity contribution is 0.0595. The lowest BCUT2D eigenvalue weighted by Gasteiger charge is -2.09. The van der Waals surface area contributed by atoms with Crippen molar-refractivity contribution in [2.45, 2.75) is 27.3 Å². The maximum absolute atomic E-state index is 11.4. The Morgan fingerprint density at radius 2 is 2.17 bits per heavy atom. The molecule has 0 aliphatic carbocycles. The summed E-state index contributed by atoms with van der Waals surface area (Å²) in [5.41, 5.74) is 6.03. The number of ether oxygens (including phenoxy) is 2. The molecule has 1 heterocycles. The standard InChI is InChI=1S/C12H21N3O3/c1-8(2)7-18-6-5-15-9(3)14-10(11(15)13)12(16)17-4/h8H,5-7,13H2,1-4H3. The maximum atomic E-state index is 11.4. The van der Waals surface area contributed by atoms with Crippen molar-refractivity contribution in [2.75, 3.05) is 26.1 Å². The van der Waals surface area contributed by atoms with Crippen LogP contribution in [0.15, 0.2) is 0 Å². The number of esters is 1. The number of carbonyl (C=O) groups is 1. The molecule has 102 valence electrons. The van der Waals surface area contributed by atoms with Crippen LogP contribution in [0.25, 0.3) is 0 Å². The third kappa shape index (κ3) is 3.46. The summed E-state index contributed by atoms with van der Waals surface area (Å²) in [5, 5.41) is 0. The predicted octanol–water partition coefficient (Wildman–Crippen LogP) is 1.23. The van der Waals surface area contributed by atoms with Gasteiger partial charge in [0.05, 0.1) is 13.7 Å². The molecule has 1 aromatic heterocycles. The van der Waals surface area contributed by atoms with Gasteiger partial charge in [-0.3, -0.25) is 0 Å². The van der Waals surface area contributed by atoms with E-state index in [0.29, 0.717) is 37.3 Å². The van der Waals surface area contributed by atoms with Crippen LogP contribution < -0.4 is 5.73 Å². The lowest BCUT2D eigenvalue weighted by Crippen LogP contribution is -2.13. The number of methoxy groups -OCH3 is 1. The molecular weight excluding hydrogens is 234 g/mol. The maximum Gasteiger partial charge on any atom is 0.360 e. The molecule has 18 heavy (non-hydrogen) atoms. The number of rotatable bonds is 6. The van der Waals surface area contributed by atoms with Crippen LogP contribution in [0.5, 0.6) is 0 Å². The molecule has 0 spiro atoms. The van der Waals surface area contributed by atoms with Crippen molar-refractivity contribution in [1.29, 1.82) is 0 Å². The molecule has 0 aromatic carbocycles. The van der Waals surface area contributed by atoms with Crippen LogP contribution >= 0.6 is 0 Å². The van der Waals surface area contributed by atoms with E-state index in [1.165, 1.54) is 7.11 Å². The molecule has 1 aromatic rings. The normalized spacial score (nSPS) is 10.9. The van der Waals surface area contributed by atoms with Crippen molar-refractivity contribution in [3.63, 3.8) is 0 Å². The topological polar surface area (TPSA) is 79.4 Å². The van der Waals surface area contributed by atoms with Crippen molar-refractivity contribution in [3.05, 3.63) is 11.5 Å². The van der Waals surface area contributed by atoms with E-state index in [1.54, 1.807) is 11.5 Å². The van der Waals surface area contributed by atoms with Crippen LogP contribution in [-0.4, -0.2) is 35.8 Å². The zero-order chi connectivity index (χ0) is 13.7. The average Bonchev–Trinajstić information content (AvgIpc) is 2.60. The van der Waals surface area contributed by atoms with Gasteiger partial charge in [0.2, 0.25) is 0 Å². The molecule has 1 rings (SSSR count). The van der Waals surface area contributed by atoms with Crippen LogP contribution in [0.1, 0.15) is 30.2 Å². The highest BCUT2D eigenvalue weighted by molar-refractivity contribution is 5.92. The molecule has 0 bridgehead atoms. The second kappa shape index (κ2) is 6.39. The van der Waals surface area contributed by atoms with Crippen molar-refractivity contribution < 1.29 is 14.3 Å². The Hall–Kier alpha value is -1.56. The lowest BCUT2D eigenvalue weighted by atomic mass is 10.2. The van der Waals surface area contributed by atoms with E-state index in [-0.39, 0.29) is 5.69 Å². The monoisotopic (exact) mass is 255 g/mol. The van der Waals surface area contributed by atoms with E-state index in [9.17, 15) is 4.79 Å². The Bertz CT molecular complexity index is 413. The summed E-state index contributed by atoms with van der Waals surface area (Å²) in [6.45, 7) is 7.80. The van der Waals surface area contributed by atoms with Crippen LogP contribution in [-0.2, 0) is 16.0 Å². The number of imidazole rings is 1. The van der Waals surface area contributed by atoms with Gasteiger partial charge in [0.15, 0.2) is 5.69 Å². The summed E-state index contributed by atoms with van der Waals surface area (Å²) in [6, 6.07) is 0. The fourth-order valence-corrected chi connectivity index (χ4v) is 1.59. The number of carbonyl (C=O) groups excluding carboxylic acids is 1. The van der Waals surface area contributed by atoms with Gasteiger partial charge in [0.1, 0.15) is 11.6 Å². The third-order valence-corrected chi connectivity index (χ3v) is 2.49. The minimum Gasteiger partial charge on any atom is -0.464 e. The minimum atomic E-state index is -0.516. The van der Waals surface area contributed by atoms with Gasteiger partial charge in [-0.25, -0.2) is 9.78 Å². The number of hydrogen-bond donors (Lipinski definition) is 1. The first-order chi connectivity index (χ1) is 8.47. The minimum absolute atomic E-state index is 0.166. The van der Waals surface area contributed by atoms with Gasteiger partial charge < -0.3 is 19.8 Å². The molecule has 0 unspecified atom stereocenters. The smallest absolute Gasteiger partial charge is 0.360 e. The van der Waals surface area contributed by atoms with Crippen molar-refractivity contribution in [2.24, 2.45) is 5.92 Å². The quantitative estimate of drug-likeness (QED) is 0.611. The van der Waals surface area contributed by atoms with E-state index >= 15 is 0 Å². The second-order valence-corrected chi connectivity index (χ2v) is 4.50. The number of aryl methyl sites for hydroxylation is 1. The molecule has 0 atom stereocenters. The van der Waals surface area contributed by atoms with Crippen molar-refractivity contribution >= 4 is 11.8 Å². The van der Waals surface area contributed by atoms with Crippen LogP contribution in [0.4, 0.5) is 5.82 Å². The Balaban J connectivity index is 2.66. The second-order valence-electron chi connectivity index (χ2n) is 4.50. The highest BCUT2D eigenvalue weighted by Gasteiger charge is 2.18. The SMILES string of the molecule is COC(=O)c1nc(C)n(CCOCC(C)C)c1N. The Morgan fingerprint density at radius 1 is 1.50 bits per heavy atom. The fourth-order valence-electron chi connectivity index (χ4n) is 1.59. The van der Waals surface area contributed by atoms with Gasteiger partial charge in [-0.2, -0.15) is 0 Å². The largest absolute Gasteiger partial charge is 0.464 e. The number of hydrogen-bond acceptors (Lipinski definition) is 5. The number of anilines is 1. The van der Waals surface area contributed by atoms with Crippen molar-refractivity contribution in [3.8, 4) is 0 Å². The number of nitrogens with two attached hydrogens (primary N) is 1. The first kappa shape index (κ1) is 14.5. The Kier molecular flexibility index (Phi) is 5.15. The highest BCUT2D eigenvalue weighted by atomic mass is 16.5. The molecule has 0 fully saturated rings. The molecule has 6 heteroatoms. The zero-order valence-electron chi connectivity index (χ0n) is 11.4. The first-order valence-electron chi connectivity index (χ1n) is 5.96. The van der Waals surface area contributed by atoms with Gasteiger partial charge in [0, 0.05) is 13.2 Å². The molecule has 0 saturated carbocycles. The summed E-state index contributed by atoms with van der Waals surface area (Å²) in [4.78, 5) is 15.5. The van der Waals surface area contributed by atoms with Gasteiger partial charge in [-0.15, -0.1) is 0 Å². The van der Waals surface area contributed by atoms with E-state index in [2.05, 4.69) is 23.6 Å². The van der Waals surface area contributed by atoms with E-state index in [0.717, 1.165) is 0 Å². The summed E-state index contributed by atoms with van der Waals surface area (Å²) >= 11 is 0. The van der Waals surface area contributed by atoms with Gasteiger partial charge >= 0.3 is 5.97 Å². The number of aromatic nitrogens is 2. The predicted molar refractivity (Wildman–Crippen MR) is 68.4 cm³/mol. The Morgan fingerprint density at radius 3 is 2.72 bits per heavy atom. The van der Waals surface area contributed by atoms with E-state index in [4.69, 9.17) is 10.5 Å². The summed E-state index contributed by atoms with van der Waals surface area (Å²) in [7, 11) is 1.31. The zero-order valence-corrected chi connectivity index (χ0v) is 11.4. The highest BCUT2D eigenvalue weighted by Crippen LogP contribution is 2.14. The molecule has 0 aliphatic rings. The van der Waals surface area contributed by atoms with Crippen LogP contribution in [0.2, 0.25) is 0 Å². The summed E-state index contributed by atoms with van der Waals surface area (Å²) in [6.07, 6.45) is 0. The van der Waals surface area contributed by atoms with E-state index in [1.807, 2.05) is 0 Å². The molecule has 0 amide bonds. The summed E-state index contributed by atoms with van der Waals surface area (Å²) < 4.78 is 11.9. The Labute approximate surface area is 107 Å². The summed E-state index contributed by atoms with van der Waals surface area (Å²) in [5.74, 6) is 0.989. The van der Waals surface area contributed by atoms with Crippen molar-refractivity contribution in [1.82, 2.24) is 9.55 Å². The number of nitrogens with zero attached hydrogens (tertiary/aromatic N) is 2. The third-order valence-electron chi connectivity index (χ3n) is 2.49. The van der Waals surface area contributed by atoms with E-state index < -0.39 is 5.97 Å². The molecule has 0 aliphatic heterocycles. The molecule has 6 nitrogen and oxygen atoms in total. The molecule has 2 N–H and O–H groups in total.